The summed E-state index contributed by atoms with van der Waals surface area (Å²) in [6.07, 6.45) is -1.37. The Bertz CT molecular complexity index is 540. The summed E-state index contributed by atoms with van der Waals surface area (Å²) in [7, 11) is 0. The second-order valence-electron chi connectivity index (χ2n) is 5.37. The molecule has 0 fully saturated rings. The van der Waals surface area contributed by atoms with Crippen LogP contribution in [-0.2, 0) is 0 Å². The minimum absolute atomic E-state index is 0.0540. The van der Waals surface area contributed by atoms with Crippen LogP contribution in [0.15, 0.2) is 24.3 Å². The number of hydrogen-bond donors (Lipinski definition) is 1. The van der Waals surface area contributed by atoms with Crippen molar-refractivity contribution in [2.45, 2.75) is 30.7 Å². The van der Waals surface area contributed by atoms with Gasteiger partial charge in [0, 0.05) is 16.5 Å². The predicted octanol–water partition coefficient (Wildman–Crippen LogP) is 4.00. The Morgan fingerprint density at radius 3 is 2.05 bits per heavy atom. The normalized spacial score (nSPS) is 13.3. The van der Waals surface area contributed by atoms with Gasteiger partial charge in [-0.05, 0) is 12.1 Å². The minimum Gasteiger partial charge on any atom is -0.376 e. The van der Waals surface area contributed by atoms with Gasteiger partial charge in [0.2, 0.25) is 3.79 Å². The zero-order valence-electron chi connectivity index (χ0n) is 11.4. The maximum Gasteiger partial charge on any atom is 0.227 e. The van der Waals surface area contributed by atoms with E-state index >= 15 is 0 Å². The lowest BCUT2D eigenvalue weighted by molar-refractivity contribution is 0.0858. The molecule has 0 aromatic heterocycles. The van der Waals surface area contributed by atoms with Gasteiger partial charge in [0.05, 0.1) is 0 Å². The number of carbonyl (C=O) groups is 1. The number of halogens is 3. The van der Waals surface area contributed by atoms with E-state index in [1.165, 1.54) is 0 Å². The van der Waals surface area contributed by atoms with E-state index in [-0.39, 0.29) is 5.78 Å². The van der Waals surface area contributed by atoms with Gasteiger partial charge in [-0.15, -0.1) is 0 Å². The molecule has 108 valence electrons. The maximum absolute atomic E-state index is 12.0. The van der Waals surface area contributed by atoms with E-state index < -0.39 is 15.3 Å². The Balaban J connectivity index is 2.89. The summed E-state index contributed by atoms with van der Waals surface area (Å²) in [4.78, 5) is 12.0. The molecule has 1 atom stereocenters. The van der Waals surface area contributed by atoms with Crippen LogP contribution in [0.1, 0.15) is 36.7 Å². The number of aliphatic hydroxyl groups excluding tert-OH is 1. The van der Waals surface area contributed by atoms with Crippen LogP contribution >= 0.6 is 34.8 Å². The van der Waals surface area contributed by atoms with Gasteiger partial charge in [-0.1, -0.05) is 79.5 Å². The van der Waals surface area contributed by atoms with Gasteiger partial charge in [-0.25, -0.2) is 0 Å². The molecule has 0 spiro atoms. The van der Waals surface area contributed by atoms with Crippen LogP contribution in [0.5, 0.6) is 0 Å². The average Bonchev–Trinajstić information content (AvgIpc) is 2.33. The first-order chi connectivity index (χ1) is 9.01. The van der Waals surface area contributed by atoms with Crippen LogP contribution < -0.4 is 0 Å². The van der Waals surface area contributed by atoms with E-state index in [1.54, 1.807) is 24.3 Å². The molecular formula is C15H15Cl3O2. The molecule has 2 nitrogen and oxygen atoms in total. The number of Topliss-reactive ketones (excluding diaryl/α,β-unsaturated/α-hetero) is 1. The molecule has 0 heterocycles. The maximum atomic E-state index is 12.0. The van der Waals surface area contributed by atoms with Gasteiger partial charge >= 0.3 is 0 Å². The molecule has 1 rings (SSSR count). The highest BCUT2D eigenvalue weighted by Crippen LogP contribution is 2.29. The smallest absolute Gasteiger partial charge is 0.227 e. The third-order valence-electron chi connectivity index (χ3n) is 2.49. The fraction of sp³-hybridized carbons (Fsp3) is 0.400. The molecule has 1 unspecified atom stereocenters. The Morgan fingerprint density at radius 1 is 1.15 bits per heavy atom. The monoisotopic (exact) mass is 332 g/mol. The van der Waals surface area contributed by atoms with Gasteiger partial charge in [0.15, 0.2) is 11.9 Å². The summed E-state index contributed by atoms with van der Waals surface area (Å²) in [5.74, 6) is 5.19. The zero-order valence-corrected chi connectivity index (χ0v) is 13.6. The SMILES string of the molecule is CC(C)(C)C(=O)c1ccc(C#CC(O)C(Cl)(Cl)Cl)cc1. The molecule has 1 N–H and O–H groups in total. The molecule has 0 aliphatic carbocycles. The second kappa shape index (κ2) is 6.37. The summed E-state index contributed by atoms with van der Waals surface area (Å²) in [6.45, 7) is 5.58. The molecule has 1 aromatic carbocycles. The number of aliphatic hydroxyl groups is 1. The van der Waals surface area contributed by atoms with Crippen molar-refractivity contribution in [2.24, 2.45) is 5.41 Å². The number of carbonyl (C=O) groups excluding carboxylic acids is 1. The molecule has 0 radical (unpaired) electrons. The molecule has 0 saturated carbocycles. The molecule has 20 heavy (non-hydrogen) atoms. The topological polar surface area (TPSA) is 37.3 Å². The number of alkyl halides is 3. The molecule has 1 aromatic rings. The Labute approximate surface area is 134 Å². The van der Waals surface area contributed by atoms with E-state index in [1.807, 2.05) is 20.8 Å². The summed E-state index contributed by atoms with van der Waals surface area (Å²) in [5, 5.41) is 9.47. The molecule has 0 amide bonds. The summed E-state index contributed by atoms with van der Waals surface area (Å²) in [5.41, 5.74) is 0.813. The van der Waals surface area contributed by atoms with Crippen LogP contribution in [0.3, 0.4) is 0 Å². The average molecular weight is 334 g/mol. The predicted molar refractivity (Wildman–Crippen MR) is 83.4 cm³/mol. The largest absolute Gasteiger partial charge is 0.376 e. The van der Waals surface area contributed by atoms with E-state index in [2.05, 4.69) is 11.8 Å². The van der Waals surface area contributed by atoms with Crippen molar-refractivity contribution in [1.29, 1.82) is 0 Å². The van der Waals surface area contributed by atoms with Crippen LogP contribution in [-0.4, -0.2) is 20.8 Å². The first-order valence-corrected chi connectivity index (χ1v) is 7.06. The fourth-order valence-electron chi connectivity index (χ4n) is 1.37. The van der Waals surface area contributed by atoms with Gasteiger partial charge in [0.25, 0.3) is 0 Å². The van der Waals surface area contributed by atoms with Crippen molar-refractivity contribution in [3.05, 3.63) is 35.4 Å². The fourth-order valence-corrected chi connectivity index (χ4v) is 1.54. The number of benzene rings is 1. The molecule has 0 saturated heterocycles. The van der Waals surface area contributed by atoms with Crippen LogP contribution in [0.25, 0.3) is 0 Å². The van der Waals surface area contributed by atoms with Crippen molar-refractivity contribution >= 4 is 40.6 Å². The summed E-state index contributed by atoms with van der Waals surface area (Å²) < 4.78 is -1.84. The molecule has 0 aliphatic heterocycles. The molecule has 5 heteroatoms. The van der Waals surface area contributed by atoms with E-state index in [0.717, 1.165) is 0 Å². The lowest BCUT2D eigenvalue weighted by Gasteiger charge is -2.16. The van der Waals surface area contributed by atoms with E-state index in [9.17, 15) is 9.90 Å². The van der Waals surface area contributed by atoms with Gasteiger partial charge in [0.1, 0.15) is 0 Å². The number of rotatable bonds is 1. The first kappa shape index (κ1) is 17.3. The minimum atomic E-state index is -1.84. The van der Waals surface area contributed by atoms with Crippen molar-refractivity contribution < 1.29 is 9.90 Å². The molecule has 0 aliphatic rings. The standard InChI is InChI=1S/C15H15Cl3O2/c1-14(2,3)13(20)11-7-4-10(5-8-11)6-9-12(19)15(16,17)18/h4-5,7-8,12,19H,1-3H3. The van der Waals surface area contributed by atoms with E-state index in [0.29, 0.717) is 11.1 Å². The van der Waals surface area contributed by atoms with Crippen LogP contribution in [0, 0.1) is 17.3 Å². The van der Waals surface area contributed by atoms with Gasteiger partial charge in [-0.3, -0.25) is 4.79 Å². The van der Waals surface area contributed by atoms with Gasteiger partial charge in [-0.2, -0.15) is 0 Å². The highest BCUT2D eigenvalue weighted by molar-refractivity contribution is 6.68. The Hall–Kier alpha value is -0.720. The summed E-state index contributed by atoms with van der Waals surface area (Å²) in [6, 6.07) is 6.77. The number of hydrogen-bond acceptors (Lipinski definition) is 2. The quantitative estimate of drug-likeness (QED) is 0.479. The molecule has 0 bridgehead atoms. The Morgan fingerprint density at radius 2 is 1.65 bits per heavy atom. The molecular weight excluding hydrogens is 319 g/mol. The van der Waals surface area contributed by atoms with Crippen molar-refractivity contribution in [3.8, 4) is 11.8 Å². The highest BCUT2D eigenvalue weighted by Gasteiger charge is 2.29. The number of ketones is 1. The lowest BCUT2D eigenvalue weighted by atomic mass is 9.86. The Kier molecular flexibility index (Phi) is 5.52. The highest BCUT2D eigenvalue weighted by atomic mass is 35.6. The van der Waals surface area contributed by atoms with E-state index in [4.69, 9.17) is 34.8 Å². The van der Waals surface area contributed by atoms with Crippen molar-refractivity contribution in [2.75, 3.05) is 0 Å². The van der Waals surface area contributed by atoms with Crippen molar-refractivity contribution in [3.63, 3.8) is 0 Å². The van der Waals surface area contributed by atoms with Gasteiger partial charge < -0.3 is 5.11 Å². The lowest BCUT2D eigenvalue weighted by Crippen LogP contribution is -2.22. The first-order valence-electron chi connectivity index (χ1n) is 5.93. The zero-order chi connectivity index (χ0) is 15.6. The van der Waals surface area contributed by atoms with Crippen LogP contribution in [0.2, 0.25) is 0 Å². The summed E-state index contributed by atoms with van der Waals surface area (Å²) >= 11 is 16.5. The second-order valence-corrected chi connectivity index (χ2v) is 7.74. The third-order valence-corrected chi connectivity index (χ3v) is 3.11. The van der Waals surface area contributed by atoms with Crippen molar-refractivity contribution in [1.82, 2.24) is 0 Å². The van der Waals surface area contributed by atoms with Crippen LogP contribution in [0.4, 0.5) is 0 Å². The third kappa shape index (κ3) is 5.00.